The molecule has 1 aliphatic rings. The summed E-state index contributed by atoms with van der Waals surface area (Å²) in [6.07, 6.45) is 3.92. The summed E-state index contributed by atoms with van der Waals surface area (Å²) in [5.41, 5.74) is 4.30. The molecular weight excluding hydrogens is 254 g/mol. The lowest BCUT2D eigenvalue weighted by Crippen LogP contribution is -2.33. The normalized spacial score (nSPS) is 17.0. The topological polar surface area (TPSA) is 3.24 Å². The zero-order valence-corrected chi connectivity index (χ0v) is 13.0. The highest BCUT2D eigenvalue weighted by Crippen LogP contribution is 2.23. The van der Waals surface area contributed by atoms with Crippen molar-refractivity contribution in [1.82, 2.24) is 4.90 Å². The molecule has 0 bridgehead atoms. The van der Waals surface area contributed by atoms with Gasteiger partial charge in [0.1, 0.15) is 0 Å². The molecule has 0 N–H and O–H groups in total. The highest BCUT2D eigenvalue weighted by molar-refractivity contribution is 5.21. The number of hydrogen-bond donors (Lipinski definition) is 0. The number of benzene rings is 2. The Morgan fingerprint density at radius 3 is 2.19 bits per heavy atom. The van der Waals surface area contributed by atoms with E-state index in [9.17, 15) is 0 Å². The molecule has 0 unspecified atom stereocenters. The molecule has 0 spiro atoms. The fourth-order valence-electron chi connectivity index (χ4n) is 3.25. The van der Waals surface area contributed by atoms with Gasteiger partial charge in [0.25, 0.3) is 0 Å². The number of rotatable bonds is 4. The zero-order valence-electron chi connectivity index (χ0n) is 13.0. The maximum atomic E-state index is 2.60. The van der Waals surface area contributed by atoms with Crippen molar-refractivity contribution in [1.29, 1.82) is 0 Å². The number of hydrogen-bond acceptors (Lipinski definition) is 1. The lowest BCUT2D eigenvalue weighted by Gasteiger charge is -2.32. The lowest BCUT2D eigenvalue weighted by atomic mass is 9.90. The van der Waals surface area contributed by atoms with Gasteiger partial charge in [-0.3, -0.25) is 4.90 Å². The van der Waals surface area contributed by atoms with Crippen LogP contribution in [0.5, 0.6) is 0 Å². The van der Waals surface area contributed by atoms with E-state index in [1.54, 1.807) is 0 Å². The second kappa shape index (κ2) is 6.91. The molecule has 1 heterocycles. The molecule has 2 aromatic rings. The van der Waals surface area contributed by atoms with Gasteiger partial charge in [-0.25, -0.2) is 0 Å². The van der Waals surface area contributed by atoms with Gasteiger partial charge in [-0.15, -0.1) is 0 Å². The van der Waals surface area contributed by atoms with Crippen LogP contribution in [0.15, 0.2) is 54.6 Å². The van der Waals surface area contributed by atoms with Crippen LogP contribution in [0.3, 0.4) is 0 Å². The molecule has 1 heteroatoms. The van der Waals surface area contributed by atoms with Crippen LogP contribution < -0.4 is 0 Å². The maximum Gasteiger partial charge on any atom is 0.0233 e. The first-order valence-electron chi connectivity index (χ1n) is 8.11. The quantitative estimate of drug-likeness (QED) is 0.799. The van der Waals surface area contributed by atoms with Crippen molar-refractivity contribution < 1.29 is 0 Å². The number of piperidine rings is 1. The highest BCUT2D eigenvalue weighted by atomic mass is 15.1. The monoisotopic (exact) mass is 279 g/mol. The smallest absolute Gasteiger partial charge is 0.0233 e. The average Bonchev–Trinajstić information content (AvgIpc) is 2.53. The Bertz CT molecular complexity index is 536. The summed E-state index contributed by atoms with van der Waals surface area (Å²) >= 11 is 0. The van der Waals surface area contributed by atoms with Crippen LogP contribution in [-0.2, 0) is 13.0 Å². The first-order chi connectivity index (χ1) is 10.3. The van der Waals surface area contributed by atoms with Crippen molar-refractivity contribution in [2.45, 2.75) is 32.7 Å². The van der Waals surface area contributed by atoms with Crippen LogP contribution >= 0.6 is 0 Å². The fourth-order valence-corrected chi connectivity index (χ4v) is 3.25. The van der Waals surface area contributed by atoms with E-state index in [0.29, 0.717) is 0 Å². The van der Waals surface area contributed by atoms with E-state index in [1.165, 1.54) is 49.0 Å². The van der Waals surface area contributed by atoms with Gasteiger partial charge in [0.15, 0.2) is 0 Å². The standard InChI is InChI=1S/C20H25N/c1-17-7-9-18(10-8-17)15-19-11-13-21(14-12-19)16-20-5-3-2-4-6-20/h2-10,19H,11-16H2,1H3. The van der Waals surface area contributed by atoms with Crippen LogP contribution in [0, 0.1) is 12.8 Å². The summed E-state index contributed by atoms with van der Waals surface area (Å²) in [5, 5.41) is 0. The Labute approximate surface area is 128 Å². The van der Waals surface area contributed by atoms with Crippen molar-refractivity contribution in [2.24, 2.45) is 5.92 Å². The van der Waals surface area contributed by atoms with E-state index in [-0.39, 0.29) is 0 Å². The first-order valence-corrected chi connectivity index (χ1v) is 8.11. The van der Waals surface area contributed by atoms with Gasteiger partial charge in [0, 0.05) is 6.54 Å². The Morgan fingerprint density at radius 2 is 1.52 bits per heavy atom. The number of aryl methyl sites for hydroxylation is 1. The minimum Gasteiger partial charge on any atom is -0.299 e. The highest BCUT2D eigenvalue weighted by Gasteiger charge is 2.19. The summed E-state index contributed by atoms with van der Waals surface area (Å²) in [6, 6.07) is 19.9. The Kier molecular flexibility index (Phi) is 4.72. The van der Waals surface area contributed by atoms with Crippen LogP contribution in [0.2, 0.25) is 0 Å². The molecule has 0 amide bonds. The van der Waals surface area contributed by atoms with Gasteiger partial charge in [0.2, 0.25) is 0 Å². The summed E-state index contributed by atoms with van der Waals surface area (Å²) in [5.74, 6) is 0.861. The molecule has 0 aromatic heterocycles. The molecular formula is C20H25N. The Balaban J connectivity index is 1.47. The van der Waals surface area contributed by atoms with Crippen molar-refractivity contribution in [3.63, 3.8) is 0 Å². The number of likely N-dealkylation sites (tertiary alicyclic amines) is 1. The predicted octanol–water partition coefficient (Wildman–Crippen LogP) is 4.45. The van der Waals surface area contributed by atoms with Gasteiger partial charge in [-0.05, 0) is 56.3 Å². The average molecular weight is 279 g/mol. The molecule has 1 fully saturated rings. The first kappa shape index (κ1) is 14.3. The minimum atomic E-state index is 0.861. The maximum absolute atomic E-state index is 2.60. The van der Waals surface area contributed by atoms with E-state index in [1.807, 2.05) is 0 Å². The third-order valence-electron chi connectivity index (χ3n) is 4.60. The van der Waals surface area contributed by atoms with Crippen LogP contribution in [0.4, 0.5) is 0 Å². The second-order valence-electron chi connectivity index (χ2n) is 6.39. The van der Waals surface area contributed by atoms with E-state index in [2.05, 4.69) is 66.4 Å². The molecule has 1 saturated heterocycles. The molecule has 2 aromatic carbocycles. The van der Waals surface area contributed by atoms with Gasteiger partial charge in [0.05, 0.1) is 0 Å². The van der Waals surface area contributed by atoms with Crippen LogP contribution in [0.25, 0.3) is 0 Å². The molecule has 1 nitrogen and oxygen atoms in total. The van der Waals surface area contributed by atoms with Gasteiger partial charge >= 0.3 is 0 Å². The largest absolute Gasteiger partial charge is 0.299 e. The number of nitrogens with zero attached hydrogens (tertiary/aromatic N) is 1. The molecule has 1 aliphatic heterocycles. The lowest BCUT2D eigenvalue weighted by molar-refractivity contribution is 0.177. The Hall–Kier alpha value is -1.60. The second-order valence-corrected chi connectivity index (χ2v) is 6.39. The van der Waals surface area contributed by atoms with E-state index in [0.717, 1.165) is 12.5 Å². The summed E-state index contributed by atoms with van der Waals surface area (Å²) in [6.45, 7) is 5.75. The van der Waals surface area contributed by atoms with E-state index < -0.39 is 0 Å². The zero-order chi connectivity index (χ0) is 14.5. The van der Waals surface area contributed by atoms with Gasteiger partial charge < -0.3 is 0 Å². The summed E-state index contributed by atoms with van der Waals surface area (Å²) in [4.78, 5) is 2.60. The molecule has 0 atom stereocenters. The van der Waals surface area contributed by atoms with Gasteiger partial charge in [-0.2, -0.15) is 0 Å². The van der Waals surface area contributed by atoms with Crippen LogP contribution in [0.1, 0.15) is 29.5 Å². The predicted molar refractivity (Wildman–Crippen MR) is 89.3 cm³/mol. The molecule has 3 rings (SSSR count). The van der Waals surface area contributed by atoms with Crippen molar-refractivity contribution in [3.8, 4) is 0 Å². The molecule has 0 radical (unpaired) electrons. The third-order valence-corrected chi connectivity index (χ3v) is 4.60. The third kappa shape index (κ3) is 4.18. The summed E-state index contributed by atoms with van der Waals surface area (Å²) in [7, 11) is 0. The van der Waals surface area contributed by atoms with E-state index in [4.69, 9.17) is 0 Å². The molecule has 21 heavy (non-hydrogen) atoms. The minimum absolute atomic E-state index is 0.861. The fraction of sp³-hybridized carbons (Fsp3) is 0.400. The van der Waals surface area contributed by atoms with E-state index >= 15 is 0 Å². The molecule has 0 saturated carbocycles. The van der Waals surface area contributed by atoms with Crippen LogP contribution in [-0.4, -0.2) is 18.0 Å². The SMILES string of the molecule is Cc1ccc(CC2CCN(Cc3ccccc3)CC2)cc1. The molecule has 110 valence electrons. The Morgan fingerprint density at radius 1 is 0.857 bits per heavy atom. The van der Waals surface area contributed by atoms with Crippen molar-refractivity contribution >= 4 is 0 Å². The molecule has 0 aliphatic carbocycles. The van der Waals surface area contributed by atoms with Gasteiger partial charge in [-0.1, -0.05) is 60.2 Å². The summed E-state index contributed by atoms with van der Waals surface area (Å²) < 4.78 is 0. The van der Waals surface area contributed by atoms with Crippen molar-refractivity contribution in [2.75, 3.05) is 13.1 Å². The van der Waals surface area contributed by atoms with Crippen molar-refractivity contribution in [3.05, 3.63) is 71.3 Å².